The molecule has 0 amide bonds. The second-order valence-electron chi connectivity index (χ2n) is 3.19. The van der Waals surface area contributed by atoms with Crippen LogP contribution in [0, 0.1) is 0 Å². The second-order valence-corrected chi connectivity index (χ2v) is 3.19. The molecule has 1 aliphatic carbocycles. The van der Waals surface area contributed by atoms with Crippen molar-refractivity contribution < 1.29 is 9.53 Å². The van der Waals surface area contributed by atoms with E-state index in [1.807, 2.05) is 6.07 Å². The van der Waals surface area contributed by atoms with E-state index in [-0.39, 0.29) is 11.8 Å². The summed E-state index contributed by atoms with van der Waals surface area (Å²) in [6.07, 6.45) is 0.419. The fraction of sp³-hybridized carbons (Fsp3) is 0.300. The number of carbonyl (C=O) groups excluding carboxylic acids is 1. The Labute approximate surface area is 76.5 Å². The molecule has 1 aromatic carbocycles. The quantitative estimate of drug-likeness (QED) is 0.703. The lowest BCUT2D eigenvalue weighted by Crippen LogP contribution is -2.05. The van der Waals surface area contributed by atoms with Crippen molar-refractivity contribution in [3.63, 3.8) is 0 Å². The minimum atomic E-state index is -0.155. The standard InChI is InChI=1S/C10H11NO2/c1-13-6-2-3-7-8(4-6)9(11)5-10(7)12/h2-4,9H,5,11H2,1H3/t9-/m1/s1. The lowest BCUT2D eigenvalue weighted by atomic mass is 10.1. The smallest absolute Gasteiger partial charge is 0.165 e. The molecule has 1 aliphatic rings. The van der Waals surface area contributed by atoms with Crippen LogP contribution >= 0.6 is 0 Å². The molecule has 0 fully saturated rings. The molecule has 68 valence electrons. The van der Waals surface area contributed by atoms with Gasteiger partial charge in [0.25, 0.3) is 0 Å². The van der Waals surface area contributed by atoms with Crippen LogP contribution in [-0.4, -0.2) is 12.9 Å². The normalized spacial score (nSPS) is 20.2. The molecule has 0 aromatic heterocycles. The zero-order valence-corrected chi connectivity index (χ0v) is 7.41. The number of ketones is 1. The highest BCUT2D eigenvalue weighted by Gasteiger charge is 2.26. The van der Waals surface area contributed by atoms with Gasteiger partial charge in [0, 0.05) is 18.0 Å². The maximum atomic E-state index is 11.4. The van der Waals surface area contributed by atoms with Crippen LogP contribution in [0.5, 0.6) is 5.75 Å². The maximum Gasteiger partial charge on any atom is 0.165 e. The van der Waals surface area contributed by atoms with E-state index < -0.39 is 0 Å². The molecule has 3 heteroatoms. The molecule has 2 rings (SSSR count). The third-order valence-electron chi connectivity index (χ3n) is 2.36. The first-order valence-corrected chi connectivity index (χ1v) is 4.19. The largest absolute Gasteiger partial charge is 0.497 e. The Kier molecular flexibility index (Phi) is 1.81. The van der Waals surface area contributed by atoms with Crippen LogP contribution in [0.3, 0.4) is 0 Å². The van der Waals surface area contributed by atoms with E-state index in [1.165, 1.54) is 0 Å². The van der Waals surface area contributed by atoms with E-state index in [1.54, 1.807) is 19.2 Å². The van der Waals surface area contributed by atoms with Crippen molar-refractivity contribution in [3.05, 3.63) is 29.3 Å². The second kappa shape index (κ2) is 2.85. The summed E-state index contributed by atoms with van der Waals surface area (Å²) < 4.78 is 5.06. The molecular formula is C10H11NO2. The molecule has 3 nitrogen and oxygen atoms in total. The van der Waals surface area contributed by atoms with Crippen LogP contribution in [0.15, 0.2) is 18.2 Å². The number of methoxy groups -OCH3 is 1. The summed E-state index contributed by atoms with van der Waals surface area (Å²) in [5.41, 5.74) is 7.43. The Morgan fingerprint density at radius 1 is 1.54 bits per heavy atom. The first kappa shape index (κ1) is 8.26. The number of rotatable bonds is 1. The van der Waals surface area contributed by atoms with Crippen LogP contribution in [0.2, 0.25) is 0 Å². The number of fused-ring (bicyclic) bond motifs is 1. The predicted octanol–water partition coefficient (Wildman–Crippen LogP) is 1.28. The topological polar surface area (TPSA) is 52.3 Å². The highest BCUT2D eigenvalue weighted by molar-refractivity contribution is 6.01. The van der Waals surface area contributed by atoms with E-state index >= 15 is 0 Å². The highest BCUT2D eigenvalue weighted by Crippen LogP contribution is 2.31. The Bertz CT molecular complexity index is 360. The third-order valence-corrected chi connectivity index (χ3v) is 2.36. The fourth-order valence-corrected chi connectivity index (χ4v) is 1.65. The van der Waals surface area contributed by atoms with Gasteiger partial charge in [0.2, 0.25) is 0 Å². The van der Waals surface area contributed by atoms with Gasteiger partial charge in [0.15, 0.2) is 5.78 Å². The summed E-state index contributed by atoms with van der Waals surface area (Å²) in [4.78, 5) is 11.4. The maximum absolute atomic E-state index is 11.4. The van der Waals surface area contributed by atoms with Gasteiger partial charge in [-0.2, -0.15) is 0 Å². The molecule has 0 bridgehead atoms. The molecule has 0 saturated heterocycles. The average molecular weight is 177 g/mol. The first-order valence-electron chi connectivity index (χ1n) is 4.19. The lowest BCUT2D eigenvalue weighted by Gasteiger charge is -2.05. The molecule has 0 spiro atoms. The van der Waals surface area contributed by atoms with Crippen molar-refractivity contribution in [2.45, 2.75) is 12.5 Å². The SMILES string of the molecule is COc1ccc2c(c1)[C@H](N)CC2=O. The van der Waals surface area contributed by atoms with Gasteiger partial charge in [0.05, 0.1) is 7.11 Å². The number of carbonyl (C=O) groups is 1. The molecule has 1 aromatic rings. The van der Waals surface area contributed by atoms with E-state index in [0.717, 1.165) is 16.9 Å². The lowest BCUT2D eigenvalue weighted by molar-refractivity contribution is 0.0989. The van der Waals surface area contributed by atoms with Gasteiger partial charge < -0.3 is 10.5 Å². The van der Waals surface area contributed by atoms with Gasteiger partial charge >= 0.3 is 0 Å². The van der Waals surface area contributed by atoms with E-state index in [0.29, 0.717) is 6.42 Å². The Morgan fingerprint density at radius 3 is 3.00 bits per heavy atom. The Hall–Kier alpha value is -1.35. The van der Waals surface area contributed by atoms with Crippen LogP contribution in [0.25, 0.3) is 0 Å². The number of benzene rings is 1. The van der Waals surface area contributed by atoms with Crippen molar-refractivity contribution in [2.24, 2.45) is 5.73 Å². The summed E-state index contributed by atoms with van der Waals surface area (Å²) in [6.45, 7) is 0. The molecule has 0 heterocycles. The van der Waals surface area contributed by atoms with Crippen LogP contribution in [0.1, 0.15) is 28.4 Å². The number of hydrogen-bond acceptors (Lipinski definition) is 3. The van der Waals surface area contributed by atoms with Gasteiger partial charge in [-0.15, -0.1) is 0 Å². The van der Waals surface area contributed by atoms with Crippen molar-refractivity contribution in [3.8, 4) is 5.75 Å². The third kappa shape index (κ3) is 1.21. The molecule has 0 saturated carbocycles. The van der Waals surface area contributed by atoms with Gasteiger partial charge in [-0.1, -0.05) is 0 Å². The molecule has 1 atom stereocenters. The zero-order valence-electron chi connectivity index (χ0n) is 7.41. The van der Waals surface area contributed by atoms with E-state index in [4.69, 9.17) is 10.5 Å². The monoisotopic (exact) mass is 177 g/mol. The van der Waals surface area contributed by atoms with Gasteiger partial charge in [-0.05, 0) is 23.8 Å². The Balaban J connectivity index is 2.52. The summed E-state index contributed by atoms with van der Waals surface area (Å²) >= 11 is 0. The summed E-state index contributed by atoms with van der Waals surface area (Å²) in [5, 5.41) is 0. The molecule has 0 aliphatic heterocycles. The van der Waals surface area contributed by atoms with Crippen molar-refractivity contribution in [1.29, 1.82) is 0 Å². The van der Waals surface area contributed by atoms with E-state index in [9.17, 15) is 4.79 Å². The number of Topliss-reactive ketones (excluding diaryl/α,β-unsaturated/α-hetero) is 1. The number of nitrogens with two attached hydrogens (primary N) is 1. The molecule has 0 unspecified atom stereocenters. The molecule has 13 heavy (non-hydrogen) atoms. The summed E-state index contributed by atoms with van der Waals surface area (Å²) in [7, 11) is 1.60. The van der Waals surface area contributed by atoms with Gasteiger partial charge in [-0.25, -0.2) is 0 Å². The van der Waals surface area contributed by atoms with Crippen molar-refractivity contribution >= 4 is 5.78 Å². The average Bonchev–Trinajstić information content (AvgIpc) is 2.42. The predicted molar refractivity (Wildman–Crippen MR) is 48.9 cm³/mol. The van der Waals surface area contributed by atoms with Gasteiger partial charge in [-0.3, -0.25) is 4.79 Å². The number of hydrogen-bond donors (Lipinski definition) is 1. The summed E-state index contributed by atoms with van der Waals surface area (Å²) in [6, 6.07) is 5.25. The van der Waals surface area contributed by atoms with Crippen LogP contribution in [-0.2, 0) is 0 Å². The minimum Gasteiger partial charge on any atom is -0.497 e. The Morgan fingerprint density at radius 2 is 2.31 bits per heavy atom. The first-order chi connectivity index (χ1) is 6.22. The fourth-order valence-electron chi connectivity index (χ4n) is 1.65. The minimum absolute atomic E-state index is 0.130. The van der Waals surface area contributed by atoms with Crippen molar-refractivity contribution in [1.82, 2.24) is 0 Å². The highest BCUT2D eigenvalue weighted by atomic mass is 16.5. The van der Waals surface area contributed by atoms with Gasteiger partial charge in [0.1, 0.15) is 5.75 Å². The van der Waals surface area contributed by atoms with Crippen LogP contribution < -0.4 is 10.5 Å². The zero-order chi connectivity index (χ0) is 9.42. The number of ether oxygens (including phenoxy) is 1. The molecule has 2 N–H and O–H groups in total. The summed E-state index contributed by atoms with van der Waals surface area (Å²) in [5.74, 6) is 0.883. The van der Waals surface area contributed by atoms with Crippen molar-refractivity contribution in [2.75, 3.05) is 7.11 Å². The van der Waals surface area contributed by atoms with Crippen LogP contribution in [0.4, 0.5) is 0 Å². The molecule has 0 radical (unpaired) electrons. The molecular weight excluding hydrogens is 166 g/mol. The van der Waals surface area contributed by atoms with E-state index in [2.05, 4.69) is 0 Å².